The van der Waals surface area contributed by atoms with Crippen molar-refractivity contribution in [1.29, 1.82) is 0 Å². The SMILES string of the molecule is O=C1CC(NC(=O)c2ccccc2F)CCCN1. The zero-order valence-electron chi connectivity index (χ0n) is 9.91. The van der Waals surface area contributed by atoms with E-state index < -0.39 is 11.7 Å². The van der Waals surface area contributed by atoms with Crippen LogP contribution in [0.3, 0.4) is 0 Å². The molecule has 1 fully saturated rings. The first-order valence-electron chi connectivity index (χ1n) is 5.99. The van der Waals surface area contributed by atoms with Crippen LogP contribution in [0.4, 0.5) is 4.39 Å². The molecule has 2 N–H and O–H groups in total. The maximum absolute atomic E-state index is 13.4. The van der Waals surface area contributed by atoms with E-state index in [0.717, 1.165) is 12.8 Å². The molecule has 0 radical (unpaired) electrons. The standard InChI is InChI=1S/C13H15FN2O2/c14-11-6-2-1-5-10(11)13(18)16-9-4-3-7-15-12(17)8-9/h1-2,5-6,9H,3-4,7-8H2,(H,15,17)(H,16,18). The molecule has 1 saturated heterocycles. The number of hydrogen-bond donors (Lipinski definition) is 2. The summed E-state index contributed by atoms with van der Waals surface area (Å²) in [5, 5.41) is 5.44. The Morgan fingerprint density at radius 2 is 2.17 bits per heavy atom. The van der Waals surface area contributed by atoms with Crippen molar-refractivity contribution in [3.05, 3.63) is 35.6 Å². The Balaban J connectivity index is 2.02. The summed E-state index contributed by atoms with van der Waals surface area (Å²) in [6.07, 6.45) is 1.78. The van der Waals surface area contributed by atoms with Gasteiger partial charge >= 0.3 is 0 Å². The van der Waals surface area contributed by atoms with Gasteiger partial charge in [0.05, 0.1) is 5.56 Å². The summed E-state index contributed by atoms with van der Waals surface area (Å²) in [5.74, 6) is -1.09. The van der Waals surface area contributed by atoms with Crippen LogP contribution in [0.2, 0.25) is 0 Å². The summed E-state index contributed by atoms with van der Waals surface area (Å²) < 4.78 is 13.4. The van der Waals surface area contributed by atoms with E-state index in [9.17, 15) is 14.0 Å². The van der Waals surface area contributed by atoms with E-state index in [-0.39, 0.29) is 23.9 Å². The van der Waals surface area contributed by atoms with Gasteiger partial charge in [0.15, 0.2) is 0 Å². The number of benzene rings is 1. The van der Waals surface area contributed by atoms with E-state index in [1.165, 1.54) is 18.2 Å². The van der Waals surface area contributed by atoms with Crippen molar-refractivity contribution in [1.82, 2.24) is 10.6 Å². The molecule has 1 aliphatic rings. The lowest BCUT2D eigenvalue weighted by molar-refractivity contribution is -0.121. The molecule has 0 spiro atoms. The fraction of sp³-hybridized carbons (Fsp3) is 0.385. The minimum Gasteiger partial charge on any atom is -0.356 e. The van der Waals surface area contributed by atoms with E-state index in [1.807, 2.05) is 0 Å². The maximum Gasteiger partial charge on any atom is 0.254 e. The van der Waals surface area contributed by atoms with Crippen molar-refractivity contribution >= 4 is 11.8 Å². The molecule has 1 aliphatic heterocycles. The van der Waals surface area contributed by atoms with Gasteiger partial charge < -0.3 is 10.6 Å². The summed E-state index contributed by atoms with van der Waals surface area (Å²) in [6.45, 7) is 0.630. The third-order valence-electron chi connectivity index (χ3n) is 2.94. The van der Waals surface area contributed by atoms with Crippen LogP contribution < -0.4 is 10.6 Å². The second-order valence-electron chi connectivity index (χ2n) is 4.35. The Labute approximate surface area is 105 Å². The smallest absolute Gasteiger partial charge is 0.254 e. The first kappa shape index (κ1) is 12.5. The quantitative estimate of drug-likeness (QED) is 0.829. The van der Waals surface area contributed by atoms with Crippen LogP contribution in [0.15, 0.2) is 24.3 Å². The van der Waals surface area contributed by atoms with Crippen LogP contribution in [0, 0.1) is 5.82 Å². The Hall–Kier alpha value is -1.91. The second-order valence-corrected chi connectivity index (χ2v) is 4.35. The molecule has 1 aromatic rings. The van der Waals surface area contributed by atoms with E-state index in [0.29, 0.717) is 6.54 Å². The second kappa shape index (κ2) is 5.62. The molecule has 96 valence electrons. The molecule has 18 heavy (non-hydrogen) atoms. The van der Waals surface area contributed by atoms with Crippen molar-refractivity contribution in [2.45, 2.75) is 25.3 Å². The van der Waals surface area contributed by atoms with Crippen molar-refractivity contribution in [3.8, 4) is 0 Å². The molecule has 0 aromatic heterocycles. The molecule has 0 aliphatic carbocycles. The summed E-state index contributed by atoms with van der Waals surface area (Å²) in [4.78, 5) is 23.2. The van der Waals surface area contributed by atoms with Gasteiger partial charge in [-0.2, -0.15) is 0 Å². The van der Waals surface area contributed by atoms with E-state index >= 15 is 0 Å². The minimum absolute atomic E-state index is 0.0159. The summed E-state index contributed by atoms with van der Waals surface area (Å²) in [6, 6.07) is 5.60. The third kappa shape index (κ3) is 3.06. The highest BCUT2D eigenvalue weighted by molar-refractivity contribution is 5.95. The van der Waals surface area contributed by atoms with Gasteiger partial charge in [-0.3, -0.25) is 9.59 Å². The van der Waals surface area contributed by atoms with E-state index in [4.69, 9.17) is 0 Å². The lowest BCUT2D eigenvalue weighted by Crippen LogP contribution is -2.37. The molecular formula is C13H15FN2O2. The predicted molar refractivity (Wildman–Crippen MR) is 64.5 cm³/mol. The van der Waals surface area contributed by atoms with Crippen molar-refractivity contribution in [2.75, 3.05) is 6.54 Å². The normalized spacial score (nSPS) is 19.8. The topological polar surface area (TPSA) is 58.2 Å². The van der Waals surface area contributed by atoms with Gasteiger partial charge in [-0.1, -0.05) is 12.1 Å². The number of rotatable bonds is 2. The number of halogens is 1. The van der Waals surface area contributed by atoms with E-state index in [1.54, 1.807) is 6.07 Å². The summed E-state index contributed by atoms with van der Waals surface area (Å²) in [7, 11) is 0. The molecule has 1 aromatic carbocycles. The zero-order valence-corrected chi connectivity index (χ0v) is 9.91. The first-order chi connectivity index (χ1) is 8.66. The number of carbonyl (C=O) groups excluding carboxylic acids is 2. The Bertz CT molecular complexity index is 462. The first-order valence-corrected chi connectivity index (χ1v) is 5.99. The van der Waals surface area contributed by atoms with Crippen LogP contribution in [0.1, 0.15) is 29.6 Å². The molecule has 5 heteroatoms. The van der Waals surface area contributed by atoms with Gasteiger partial charge in [0.1, 0.15) is 5.82 Å². The highest BCUT2D eigenvalue weighted by Gasteiger charge is 2.20. The predicted octanol–water partition coefficient (Wildman–Crippen LogP) is 1.22. The van der Waals surface area contributed by atoms with Gasteiger partial charge in [0.2, 0.25) is 5.91 Å². The molecule has 2 amide bonds. The van der Waals surface area contributed by atoms with Crippen LogP contribution in [-0.2, 0) is 4.79 Å². The highest BCUT2D eigenvalue weighted by atomic mass is 19.1. The average Bonchev–Trinajstić information content (AvgIpc) is 2.54. The van der Waals surface area contributed by atoms with Crippen molar-refractivity contribution in [3.63, 3.8) is 0 Å². The summed E-state index contributed by atoms with van der Waals surface area (Å²) in [5.41, 5.74) is 0.0159. The van der Waals surface area contributed by atoms with E-state index in [2.05, 4.69) is 10.6 Å². The van der Waals surface area contributed by atoms with Gasteiger partial charge in [-0.05, 0) is 25.0 Å². The molecule has 0 saturated carbocycles. The maximum atomic E-state index is 13.4. The van der Waals surface area contributed by atoms with Gasteiger partial charge in [-0.15, -0.1) is 0 Å². The molecule has 4 nitrogen and oxygen atoms in total. The lowest BCUT2D eigenvalue weighted by Gasteiger charge is -2.15. The monoisotopic (exact) mass is 250 g/mol. The average molecular weight is 250 g/mol. The fourth-order valence-corrected chi connectivity index (χ4v) is 2.01. The largest absolute Gasteiger partial charge is 0.356 e. The van der Waals surface area contributed by atoms with Crippen LogP contribution in [-0.4, -0.2) is 24.4 Å². The molecule has 0 bridgehead atoms. The minimum atomic E-state index is -0.548. The van der Waals surface area contributed by atoms with Crippen LogP contribution in [0.5, 0.6) is 0 Å². The molecule has 1 heterocycles. The Morgan fingerprint density at radius 1 is 1.39 bits per heavy atom. The van der Waals surface area contributed by atoms with Crippen molar-refractivity contribution in [2.24, 2.45) is 0 Å². The van der Waals surface area contributed by atoms with Gasteiger partial charge in [0, 0.05) is 19.0 Å². The fourth-order valence-electron chi connectivity index (χ4n) is 2.01. The number of hydrogen-bond acceptors (Lipinski definition) is 2. The summed E-state index contributed by atoms with van der Waals surface area (Å²) >= 11 is 0. The highest BCUT2D eigenvalue weighted by Crippen LogP contribution is 2.10. The van der Waals surface area contributed by atoms with Gasteiger partial charge in [-0.25, -0.2) is 4.39 Å². The van der Waals surface area contributed by atoms with Crippen LogP contribution >= 0.6 is 0 Å². The lowest BCUT2D eigenvalue weighted by atomic mass is 10.1. The Morgan fingerprint density at radius 3 is 2.94 bits per heavy atom. The number of carbonyl (C=O) groups is 2. The van der Waals surface area contributed by atoms with Crippen molar-refractivity contribution < 1.29 is 14.0 Å². The number of amides is 2. The Kier molecular flexibility index (Phi) is 3.92. The number of nitrogens with one attached hydrogen (secondary N) is 2. The van der Waals surface area contributed by atoms with Gasteiger partial charge in [0.25, 0.3) is 5.91 Å². The molecular weight excluding hydrogens is 235 g/mol. The van der Waals surface area contributed by atoms with Crippen LogP contribution in [0.25, 0.3) is 0 Å². The molecule has 1 unspecified atom stereocenters. The molecule has 2 rings (SSSR count). The zero-order chi connectivity index (χ0) is 13.0. The molecule has 1 atom stereocenters. The third-order valence-corrected chi connectivity index (χ3v) is 2.94.